The Morgan fingerprint density at radius 3 is 2.38 bits per heavy atom. The summed E-state index contributed by atoms with van der Waals surface area (Å²) in [7, 11) is 1.65. The van der Waals surface area contributed by atoms with Crippen LogP contribution < -0.4 is 20.7 Å². The Morgan fingerprint density at radius 2 is 1.79 bits per heavy atom. The minimum atomic E-state index is -0.403. The number of hydrogen-bond acceptors (Lipinski definition) is 4. The molecule has 29 heavy (non-hydrogen) atoms. The number of ether oxygens (including phenoxy) is 1. The van der Waals surface area contributed by atoms with Crippen molar-refractivity contribution in [2.45, 2.75) is 32.6 Å². The van der Waals surface area contributed by atoms with Crippen LogP contribution in [0.4, 0.5) is 16.2 Å². The maximum absolute atomic E-state index is 12.4. The zero-order valence-electron chi connectivity index (χ0n) is 17.3. The van der Waals surface area contributed by atoms with Crippen molar-refractivity contribution in [2.24, 2.45) is 0 Å². The number of nitrogen functional groups attached to an aromatic ring is 1. The van der Waals surface area contributed by atoms with E-state index in [1.165, 1.54) is 0 Å². The largest absolute Gasteiger partial charge is 0.496 e. The lowest BCUT2D eigenvalue weighted by atomic mass is 9.84. The highest BCUT2D eigenvalue weighted by Crippen LogP contribution is 2.39. The van der Waals surface area contributed by atoms with Gasteiger partial charge < -0.3 is 10.5 Å². The molecular formula is C23H27N3O3. The lowest BCUT2D eigenvalue weighted by Crippen LogP contribution is -2.49. The molecule has 0 unspecified atom stereocenters. The SMILES string of the molecule is COc1c(/C=C/c2ccc(N)cc2)cc(N2CCC(=O)NC2=O)cc1C(C)(C)C. The molecule has 6 heteroatoms. The smallest absolute Gasteiger partial charge is 0.328 e. The lowest BCUT2D eigenvalue weighted by molar-refractivity contribution is -0.120. The first kappa shape index (κ1) is 20.5. The number of methoxy groups -OCH3 is 1. The zero-order valence-corrected chi connectivity index (χ0v) is 17.3. The van der Waals surface area contributed by atoms with E-state index in [4.69, 9.17) is 10.5 Å². The minimum absolute atomic E-state index is 0.201. The van der Waals surface area contributed by atoms with E-state index in [0.29, 0.717) is 12.2 Å². The van der Waals surface area contributed by atoms with Gasteiger partial charge in [-0.25, -0.2) is 4.79 Å². The van der Waals surface area contributed by atoms with Crippen LogP contribution in [0.25, 0.3) is 12.2 Å². The molecule has 0 radical (unpaired) electrons. The molecule has 152 valence electrons. The van der Waals surface area contributed by atoms with Crippen molar-refractivity contribution >= 4 is 35.5 Å². The van der Waals surface area contributed by atoms with Gasteiger partial charge in [-0.05, 0) is 35.2 Å². The number of imide groups is 1. The van der Waals surface area contributed by atoms with Gasteiger partial charge in [-0.1, -0.05) is 45.1 Å². The Hall–Kier alpha value is -3.28. The normalized spacial score (nSPS) is 15.0. The standard InChI is InChI=1S/C23H27N3O3/c1-23(2,3)19-14-18(26-12-11-20(27)25-22(26)28)13-16(21(19)29-4)8-5-15-6-9-17(24)10-7-15/h5-10,13-14H,11-12,24H2,1-4H3,(H,25,27,28)/b8-5+. The van der Waals surface area contributed by atoms with Gasteiger partial charge in [0.25, 0.3) is 0 Å². The quantitative estimate of drug-likeness (QED) is 0.602. The highest BCUT2D eigenvalue weighted by molar-refractivity contribution is 6.05. The molecule has 1 aliphatic heterocycles. The topological polar surface area (TPSA) is 84.7 Å². The summed E-state index contributed by atoms with van der Waals surface area (Å²) in [6.45, 7) is 6.65. The Balaban J connectivity index is 2.09. The third kappa shape index (κ3) is 4.59. The molecule has 3 rings (SSSR count). The fourth-order valence-corrected chi connectivity index (χ4v) is 3.30. The van der Waals surface area contributed by atoms with E-state index >= 15 is 0 Å². The molecule has 1 fully saturated rings. The number of rotatable bonds is 4. The minimum Gasteiger partial charge on any atom is -0.496 e. The Bertz CT molecular complexity index is 957. The van der Waals surface area contributed by atoms with E-state index in [1.54, 1.807) is 12.0 Å². The summed E-state index contributed by atoms with van der Waals surface area (Å²) in [4.78, 5) is 25.5. The van der Waals surface area contributed by atoms with E-state index in [0.717, 1.165) is 28.1 Å². The lowest BCUT2D eigenvalue weighted by Gasteiger charge is -2.30. The number of urea groups is 1. The van der Waals surface area contributed by atoms with Crippen LogP contribution in [-0.2, 0) is 10.2 Å². The third-order valence-electron chi connectivity index (χ3n) is 4.87. The summed E-state index contributed by atoms with van der Waals surface area (Å²) >= 11 is 0. The molecule has 1 saturated heterocycles. The first-order chi connectivity index (χ1) is 13.7. The van der Waals surface area contributed by atoms with Crippen molar-refractivity contribution in [3.8, 4) is 5.75 Å². The number of hydrogen-bond donors (Lipinski definition) is 2. The monoisotopic (exact) mass is 393 g/mol. The second kappa shape index (κ2) is 7.99. The zero-order chi connectivity index (χ0) is 21.2. The van der Waals surface area contributed by atoms with Crippen LogP contribution in [0, 0.1) is 0 Å². The van der Waals surface area contributed by atoms with Crippen LogP contribution in [-0.4, -0.2) is 25.6 Å². The van der Waals surface area contributed by atoms with Gasteiger partial charge in [0.15, 0.2) is 0 Å². The van der Waals surface area contributed by atoms with Gasteiger partial charge in [-0.2, -0.15) is 0 Å². The van der Waals surface area contributed by atoms with Crippen molar-refractivity contribution in [1.29, 1.82) is 0 Å². The van der Waals surface area contributed by atoms with Gasteiger partial charge in [-0.15, -0.1) is 0 Å². The number of amides is 3. The molecule has 6 nitrogen and oxygen atoms in total. The van der Waals surface area contributed by atoms with Crippen LogP contribution in [0.2, 0.25) is 0 Å². The van der Waals surface area contributed by atoms with Gasteiger partial charge in [0.1, 0.15) is 5.75 Å². The number of nitrogens with one attached hydrogen (secondary N) is 1. The molecule has 0 aliphatic carbocycles. The van der Waals surface area contributed by atoms with E-state index in [1.807, 2.05) is 48.6 Å². The van der Waals surface area contributed by atoms with Crippen LogP contribution >= 0.6 is 0 Å². The summed E-state index contributed by atoms with van der Waals surface area (Å²) < 4.78 is 5.75. The Labute approximate surface area is 171 Å². The first-order valence-electron chi connectivity index (χ1n) is 9.56. The van der Waals surface area contributed by atoms with Crippen molar-refractivity contribution in [3.05, 3.63) is 53.1 Å². The van der Waals surface area contributed by atoms with Crippen molar-refractivity contribution in [1.82, 2.24) is 5.32 Å². The van der Waals surface area contributed by atoms with Gasteiger partial charge >= 0.3 is 6.03 Å². The van der Waals surface area contributed by atoms with Gasteiger partial charge in [0.2, 0.25) is 5.91 Å². The highest BCUT2D eigenvalue weighted by atomic mass is 16.5. The first-order valence-corrected chi connectivity index (χ1v) is 9.56. The number of nitrogens with two attached hydrogens (primary N) is 1. The molecular weight excluding hydrogens is 366 g/mol. The van der Waals surface area contributed by atoms with Crippen molar-refractivity contribution in [2.75, 3.05) is 24.3 Å². The van der Waals surface area contributed by atoms with Crippen molar-refractivity contribution in [3.63, 3.8) is 0 Å². The molecule has 2 aromatic carbocycles. The van der Waals surface area contributed by atoms with E-state index in [-0.39, 0.29) is 17.7 Å². The molecule has 1 heterocycles. The third-order valence-corrected chi connectivity index (χ3v) is 4.87. The summed E-state index contributed by atoms with van der Waals surface area (Å²) in [5.41, 5.74) is 9.85. The fourth-order valence-electron chi connectivity index (χ4n) is 3.30. The van der Waals surface area contributed by atoms with E-state index in [9.17, 15) is 9.59 Å². The molecule has 0 atom stereocenters. The number of nitrogens with zero attached hydrogens (tertiary/aromatic N) is 1. The van der Waals surface area contributed by atoms with E-state index < -0.39 is 6.03 Å². The van der Waals surface area contributed by atoms with Gasteiger partial charge in [-0.3, -0.25) is 15.0 Å². The van der Waals surface area contributed by atoms with Crippen LogP contribution in [0.5, 0.6) is 5.75 Å². The average molecular weight is 393 g/mol. The molecule has 0 saturated carbocycles. The van der Waals surface area contributed by atoms with Gasteiger partial charge in [0, 0.05) is 35.5 Å². The van der Waals surface area contributed by atoms with Crippen molar-refractivity contribution < 1.29 is 14.3 Å². The molecule has 0 bridgehead atoms. The number of benzene rings is 2. The van der Waals surface area contributed by atoms with Gasteiger partial charge in [0.05, 0.1) is 7.11 Å². The second-order valence-electron chi connectivity index (χ2n) is 8.12. The second-order valence-corrected chi connectivity index (χ2v) is 8.12. The van der Waals surface area contributed by atoms with Crippen LogP contribution in [0.15, 0.2) is 36.4 Å². The molecule has 0 aromatic heterocycles. The molecule has 3 amide bonds. The van der Waals surface area contributed by atoms with E-state index in [2.05, 4.69) is 26.1 Å². The number of carbonyl (C=O) groups is 2. The number of anilines is 2. The molecule has 2 aromatic rings. The summed E-state index contributed by atoms with van der Waals surface area (Å²) in [6.07, 6.45) is 4.22. The Kier molecular flexibility index (Phi) is 5.64. The molecule has 1 aliphatic rings. The summed E-state index contributed by atoms with van der Waals surface area (Å²) in [5, 5.41) is 2.38. The predicted octanol–water partition coefficient (Wildman–Crippen LogP) is 4.19. The predicted molar refractivity (Wildman–Crippen MR) is 117 cm³/mol. The Morgan fingerprint density at radius 1 is 1.10 bits per heavy atom. The maximum atomic E-state index is 12.4. The van der Waals surface area contributed by atoms with Crippen LogP contribution in [0.3, 0.4) is 0 Å². The average Bonchev–Trinajstić information content (AvgIpc) is 2.66. The maximum Gasteiger partial charge on any atom is 0.328 e. The highest BCUT2D eigenvalue weighted by Gasteiger charge is 2.28. The van der Waals surface area contributed by atoms with Crippen LogP contribution in [0.1, 0.15) is 43.9 Å². The fraction of sp³-hybridized carbons (Fsp3) is 0.304. The number of carbonyl (C=O) groups excluding carboxylic acids is 2. The molecule has 3 N–H and O–H groups in total. The summed E-state index contributed by atoms with van der Waals surface area (Å²) in [6, 6.07) is 11.1. The summed E-state index contributed by atoms with van der Waals surface area (Å²) in [5.74, 6) is 0.515. The molecule has 0 spiro atoms.